The van der Waals surface area contributed by atoms with Crippen molar-refractivity contribution in [3.05, 3.63) is 35.4 Å². The molecule has 1 aliphatic carbocycles. The number of carbonyl (C=O) groups is 1. The Morgan fingerprint density at radius 1 is 1.32 bits per heavy atom. The zero-order chi connectivity index (χ0) is 13.9. The predicted molar refractivity (Wildman–Crippen MR) is 81.2 cm³/mol. The number of nitrogens with one attached hydrogen (secondary N) is 1. The van der Waals surface area contributed by atoms with Crippen LogP contribution in [0.1, 0.15) is 48.5 Å². The largest absolute Gasteiger partial charge is 0.389 e. The van der Waals surface area contributed by atoms with Crippen LogP contribution in [-0.4, -0.2) is 17.4 Å². The number of rotatable bonds is 5. The molecule has 3 N–H and O–H groups in total. The summed E-state index contributed by atoms with van der Waals surface area (Å²) in [6, 6.07) is 7.11. The van der Waals surface area contributed by atoms with Crippen LogP contribution in [0.5, 0.6) is 0 Å². The van der Waals surface area contributed by atoms with E-state index in [1.807, 2.05) is 0 Å². The van der Waals surface area contributed by atoms with Crippen LogP contribution in [0.15, 0.2) is 24.3 Å². The molecule has 4 heteroatoms. The van der Waals surface area contributed by atoms with E-state index < -0.39 is 0 Å². The third-order valence-electron chi connectivity index (χ3n) is 4.22. The van der Waals surface area contributed by atoms with Gasteiger partial charge in [0.25, 0.3) is 5.91 Å². The van der Waals surface area contributed by atoms with E-state index in [0.29, 0.717) is 16.0 Å². The summed E-state index contributed by atoms with van der Waals surface area (Å²) in [5.41, 5.74) is 7.32. The van der Waals surface area contributed by atoms with Crippen molar-refractivity contribution in [3.63, 3.8) is 0 Å². The maximum Gasteiger partial charge on any atom is 0.251 e. The first-order chi connectivity index (χ1) is 9.06. The molecule has 1 fully saturated rings. The van der Waals surface area contributed by atoms with Gasteiger partial charge in [-0.15, -0.1) is 0 Å². The number of carbonyl (C=O) groups excluding carboxylic acids is 1. The second kappa shape index (κ2) is 5.70. The van der Waals surface area contributed by atoms with Crippen LogP contribution in [0.4, 0.5) is 0 Å². The number of hydrogen-bond donors (Lipinski definition) is 2. The van der Waals surface area contributed by atoms with Crippen molar-refractivity contribution in [2.45, 2.75) is 32.6 Å². The molecule has 3 nitrogen and oxygen atoms in total. The summed E-state index contributed by atoms with van der Waals surface area (Å²) in [5, 5.41) is 3.04. The molecular weight excluding hydrogens is 256 g/mol. The maximum absolute atomic E-state index is 12.1. The van der Waals surface area contributed by atoms with E-state index in [2.05, 4.69) is 12.2 Å². The molecule has 0 bridgehead atoms. The van der Waals surface area contributed by atoms with Gasteiger partial charge in [0, 0.05) is 17.7 Å². The molecule has 0 radical (unpaired) electrons. The Morgan fingerprint density at radius 2 is 1.89 bits per heavy atom. The molecule has 1 aromatic rings. The fourth-order valence-corrected chi connectivity index (χ4v) is 2.62. The summed E-state index contributed by atoms with van der Waals surface area (Å²) in [5.74, 6) is -0.0192. The van der Waals surface area contributed by atoms with Crippen LogP contribution in [0.2, 0.25) is 0 Å². The smallest absolute Gasteiger partial charge is 0.251 e. The summed E-state index contributed by atoms with van der Waals surface area (Å²) >= 11 is 4.89. The van der Waals surface area contributed by atoms with Crippen LogP contribution in [0.3, 0.4) is 0 Å². The molecule has 19 heavy (non-hydrogen) atoms. The van der Waals surface area contributed by atoms with E-state index in [0.717, 1.165) is 18.5 Å². The Labute approximate surface area is 119 Å². The summed E-state index contributed by atoms with van der Waals surface area (Å²) in [4.78, 5) is 12.4. The van der Waals surface area contributed by atoms with E-state index in [4.69, 9.17) is 18.0 Å². The lowest BCUT2D eigenvalue weighted by Crippen LogP contribution is -2.41. The fraction of sp³-hybridized carbons (Fsp3) is 0.467. The molecule has 0 unspecified atom stereocenters. The zero-order valence-corrected chi connectivity index (χ0v) is 12.1. The molecule has 0 aliphatic heterocycles. The molecular formula is C15H20N2OS. The van der Waals surface area contributed by atoms with Gasteiger partial charge in [-0.3, -0.25) is 4.79 Å². The first kappa shape index (κ1) is 14.0. The van der Waals surface area contributed by atoms with Gasteiger partial charge in [-0.25, -0.2) is 0 Å². The topological polar surface area (TPSA) is 55.1 Å². The predicted octanol–water partition coefficient (Wildman–Crippen LogP) is 2.63. The molecule has 1 amide bonds. The van der Waals surface area contributed by atoms with E-state index >= 15 is 0 Å². The Hall–Kier alpha value is -1.42. The van der Waals surface area contributed by atoms with Gasteiger partial charge < -0.3 is 11.1 Å². The van der Waals surface area contributed by atoms with E-state index in [-0.39, 0.29) is 5.91 Å². The van der Waals surface area contributed by atoms with Gasteiger partial charge in [0.05, 0.1) is 0 Å². The number of benzene rings is 1. The first-order valence-corrected chi connectivity index (χ1v) is 7.15. The average Bonchev–Trinajstić information content (AvgIpc) is 2.38. The number of thiocarbonyl (C=S) groups is 1. The standard InChI is InChI=1S/C15H20N2OS/c1-2-15(8-3-9-15)10-17-14(18)12-6-4-11(5-7-12)13(16)19/h4-7H,2-3,8-10H2,1H3,(H2,16,19)(H,17,18). The van der Waals surface area contributed by atoms with Gasteiger partial charge >= 0.3 is 0 Å². The lowest BCUT2D eigenvalue weighted by Gasteiger charge is -2.41. The van der Waals surface area contributed by atoms with E-state index in [1.165, 1.54) is 19.3 Å². The van der Waals surface area contributed by atoms with Crippen molar-refractivity contribution in [2.24, 2.45) is 11.1 Å². The number of amides is 1. The lowest BCUT2D eigenvalue weighted by molar-refractivity contribution is 0.0850. The average molecular weight is 276 g/mol. The van der Waals surface area contributed by atoms with Gasteiger partial charge in [-0.05, 0) is 36.8 Å². The fourth-order valence-electron chi connectivity index (χ4n) is 2.49. The minimum absolute atomic E-state index is 0.0192. The van der Waals surface area contributed by atoms with Gasteiger partial charge in [0.2, 0.25) is 0 Å². The monoisotopic (exact) mass is 276 g/mol. The van der Waals surface area contributed by atoms with Crippen molar-refractivity contribution in [1.82, 2.24) is 5.32 Å². The molecule has 0 spiro atoms. The second-order valence-electron chi connectivity index (χ2n) is 5.33. The van der Waals surface area contributed by atoms with Crippen LogP contribution in [0.25, 0.3) is 0 Å². The molecule has 1 saturated carbocycles. The first-order valence-electron chi connectivity index (χ1n) is 6.74. The maximum atomic E-state index is 12.1. The molecule has 1 aromatic carbocycles. The SMILES string of the molecule is CCC1(CNC(=O)c2ccc(C(N)=S)cc2)CCC1. The molecule has 1 aliphatic rings. The Kier molecular flexibility index (Phi) is 4.20. The third-order valence-corrected chi connectivity index (χ3v) is 4.46. The second-order valence-corrected chi connectivity index (χ2v) is 5.77. The van der Waals surface area contributed by atoms with Gasteiger partial charge in [-0.2, -0.15) is 0 Å². The zero-order valence-electron chi connectivity index (χ0n) is 11.2. The summed E-state index contributed by atoms with van der Waals surface area (Å²) in [6.07, 6.45) is 4.87. The van der Waals surface area contributed by atoms with Crippen LogP contribution >= 0.6 is 12.2 Å². The van der Waals surface area contributed by atoms with Crippen LogP contribution < -0.4 is 11.1 Å². The molecule has 2 rings (SSSR count). The minimum atomic E-state index is -0.0192. The van der Waals surface area contributed by atoms with Crippen LogP contribution in [0, 0.1) is 5.41 Å². The molecule has 0 saturated heterocycles. The Bertz CT molecular complexity index is 472. The van der Waals surface area contributed by atoms with Gasteiger partial charge in [0.15, 0.2) is 0 Å². The number of nitrogens with two attached hydrogens (primary N) is 1. The van der Waals surface area contributed by atoms with Crippen molar-refractivity contribution in [1.29, 1.82) is 0 Å². The highest BCUT2D eigenvalue weighted by molar-refractivity contribution is 7.80. The van der Waals surface area contributed by atoms with E-state index in [9.17, 15) is 4.79 Å². The summed E-state index contributed by atoms with van der Waals surface area (Å²) < 4.78 is 0. The highest BCUT2D eigenvalue weighted by Crippen LogP contribution is 2.43. The highest BCUT2D eigenvalue weighted by atomic mass is 32.1. The molecule has 0 aromatic heterocycles. The Morgan fingerprint density at radius 3 is 2.32 bits per heavy atom. The van der Waals surface area contributed by atoms with Crippen molar-refractivity contribution in [2.75, 3.05) is 6.54 Å². The normalized spacial score (nSPS) is 16.5. The number of hydrogen-bond acceptors (Lipinski definition) is 2. The Balaban J connectivity index is 1.94. The van der Waals surface area contributed by atoms with Crippen molar-refractivity contribution in [3.8, 4) is 0 Å². The van der Waals surface area contributed by atoms with Crippen molar-refractivity contribution >= 4 is 23.1 Å². The minimum Gasteiger partial charge on any atom is -0.389 e. The summed E-state index contributed by atoms with van der Waals surface area (Å²) in [6.45, 7) is 2.97. The van der Waals surface area contributed by atoms with E-state index in [1.54, 1.807) is 24.3 Å². The molecule has 0 atom stereocenters. The third kappa shape index (κ3) is 3.13. The van der Waals surface area contributed by atoms with Crippen LogP contribution in [-0.2, 0) is 0 Å². The quantitative estimate of drug-likeness (QED) is 0.813. The lowest BCUT2D eigenvalue weighted by atomic mass is 9.67. The van der Waals surface area contributed by atoms with Crippen molar-refractivity contribution < 1.29 is 4.79 Å². The van der Waals surface area contributed by atoms with Gasteiger partial charge in [0.1, 0.15) is 4.99 Å². The highest BCUT2D eigenvalue weighted by Gasteiger charge is 2.35. The molecule has 0 heterocycles. The molecule has 102 valence electrons. The van der Waals surface area contributed by atoms with Gasteiger partial charge in [-0.1, -0.05) is 37.7 Å². The summed E-state index contributed by atoms with van der Waals surface area (Å²) in [7, 11) is 0.